The van der Waals surface area contributed by atoms with Crippen LogP contribution in [0.3, 0.4) is 0 Å². The molecule has 0 aromatic heterocycles. The minimum Gasteiger partial charge on any atom is -0.320 e. The lowest BCUT2D eigenvalue weighted by Gasteiger charge is -2.37. The predicted molar refractivity (Wildman–Crippen MR) is 110 cm³/mol. The van der Waals surface area contributed by atoms with Crippen LogP contribution in [0.25, 0.3) is 0 Å². The van der Waals surface area contributed by atoms with E-state index in [-0.39, 0.29) is 0 Å². The van der Waals surface area contributed by atoms with E-state index < -0.39 is 0 Å². The molecule has 0 radical (unpaired) electrons. The third-order valence-corrected chi connectivity index (χ3v) is 7.10. The summed E-state index contributed by atoms with van der Waals surface area (Å²) in [6, 6.07) is 0. The first-order valence-corrected chi connectivity index (χ1v) is 11.2. The SMILES string of the molecule is CCC(C)C1(C)CCCC[C@H](CCCCC(C)CCCCNC)C1. The van der Waals surface area contributed by atoms with Crippen LogP contribution in [0.15, 0.2) is 0 Å². The second-order valence-electron chi connectivity index (χ2n) is 9.27. The molecule has 1 N–H and O–H groups in total. The van der Waals surface area contributed by atoms with Crippen LogP contribution < -0.4 is 5.32 Å². The van der Waals surface area contributed by atoms with Crippen molar-refractivity contribution >= 4 is 0 Å². The fraction of sp³-hybridized carbons (Fsp3) is 1.00. The van der Waals surface area contributed by atoms with Gasteiger partial charge in [0.15, 0.2) is 0 Å². The highest BCUT2D eigenvalue weighted by Gasteiger charge is 2.34. The van der Waals surface area contributed by atoms with Crippen molar-refractivity contribution in [1.82, 2.24) is 5.32 Å². The number of rotatable bonds is 12. The Bertz CT molecular complexity index is 300. The van der Waals surface area contributed by atoms with E-state index in [2.05, 4.69) is 40.1 Å². The maximum absolute atomic E-state index is 3.25. The predicted octanol–water partition coefficient (Wildman–Crippen LogP) is 7.21. The van der Waals surface area contributed by atoms with E-state index in [0.29, 0.717) is 5.41 Å². The van der Waals surface area contributed by atoms with Gasteiger partial charge in [-0.1, -0.05) is 91.9 Å². The average molecular weight is 338 g/mol. The molecule has 1 rings (SSSR count). The molecule has 24 heavy (non-hydrogen) atoms. The molecular weight excluding hydrogens is 290 g/mol. The van der Waals surface area contributed by atoms with Gasteiger partial charge in [-0.2, -0.15) is 0 Å². The van der Waals surface area contributed by atoms with E-state index in [1.165, 1.54) is 90.0 Å². The summed E-state index contributed by atoms with van der Waals surface area (Å²) in [5.41, 5.74) is 0.622. The summed E-state index contributed by atoms with van der Waals surface area (Å²) in [7, 11) is 2.06. The lowest BCUT2D eigenvalue weighted by Crippen LogP contribution is -2.26. The molecule has 1 heteroatoms. The Labute approximate surface area is 153 Å². The van der Waals surface area contributed by atoms with E-state index >= 15 is 0 Å². The van der Waals surface area contributed by atoms with E-state index in [0.717, 1.165) is 17.8 Å². The highest BCUT2D eigenvalue weighted by Crippen LogP contribution is 2.45. The van der Waals surface area contributed by atoms with Crippen molar-refractivity contribution in [2.75, 3.05) is 13.6 Å². The lowest BCUT2D eigenvalue weighted by molar-refractivity contribution is 0.139. The Morgan fingerprint density at radius 2 is 1.75 bits per heavy atom. The molecule has 1 aliphatic rings. The van der Waals surface area contributed by atoms with E-state index in [1.54, 1.807) is 0 Å². The second-order valence-corrected chi connectivity index (χ2v) is 9.27. The molecule has 0 saturated heterocycles. The molecule has 0 heterocycles. The van der Waals surface area contributed by atoms with Gasteiger partial charge in [-0.3, -0.25) is 0 Å². The normalized spacial score (nSPS) is 27.6. The molecule has 1 saturated carbocycles. The van der Waals surface area contributed by atoms with Gasteiger partial charge in [-0.15, -0.1) is 0 Å². The monoisotopic (exact) mass is 337 g/mol. The van der Waals surface area contributed by atoms with Crippen molar-refractivity contribution in [1.29, 1.82) is 0 Å². The summed E-state index contributed by atoms with van der Waals surface area (Å²) < 4.78 is 0. The maximum atomic E-state index is 3.25. The van der Waals surface area contributed by atoms with Crippen LogP contribution in [0.2, 0.25) is 0 Å². The third kappa shape index (κ3) is 8.37. The zero-order valence-corrected chi connectivity index (χ0v) is 17.6. The van der Waals surface area contributed by atoms with Crippen molar-refractivity contribution < 1.29 is 0 Å². The Morgan fingerprint density at radius 1 is 1.04 bits per heavy atom. The highest BCUT2D eigenvalue weighted by atomic mass is 14.8. The molecule has 1 nitrogen and oxygen atoms in total. The zero-order valence-electron chi connectivity index (χ0n) is 17.6. The smallest absolute Gasteiger partial charge is 0.00519 e. The highest BCUT2D eigenvalue weighted by molar-refractivity contribution is 4.85. The second kappa shape index (κ2) is 12.3. The molecule has 0 aromatic rings. The largest absolute Gasteiger partial charge is 0.320 e. The summed E-state index contributed by atoms with van der Waals surface area (Å²) >= 11 is 0. The van der Waals surface area contributed by atoms with Gasteiger partial charge in [0.1, 0.15) is 0 Å². The molecule has 0 aromatic carbocycles. The summed E-state index contributed by atoms with van der Waals surface area (Å²) in [5, 5.41) is 3.25. The Balaban J connectivity index is 2.21. The standard InChI is InChI=1S/C23H47N/c1-6-21(3)23(4)17-11-9-16-22(19-23)15-8-7-13-20(2)14-10-12-18-24-5/h20-22,24H,6-19H2,1-5H3/t20?,21?,22-,23?/m0/s1. The number of unbranched alkanes of at least 4 members (excludes halogenated alkanes) is 2. The van der Waals surface area contributed by atoms with Gasteiger partial charge in [0, 0.05) is 0 Å². The molecule has 0 spiro atoms. The van der Waals surface area contributed by atoms with E-state index in [1.807, 2.05) is 0 Å². The van der Waals surface area contributed by atoms with Crippen LogP contribution >= 0.6 is 0 Å². The van der Waals surface area contributed by atoms with Gasteiger partial charge in [0.25, 0.3) is 0 Å². The van der Waals surface area contributed by atoms with Gasteiger partial charge < -0.3 is 5.32 Å². The first-order chi connectivity index (χ1) is 11.5. The third-order valence-electron chi connectivity index (χ3n) is 7.10. The molecule has 3 unspecified atom stereocenters. The fourth-order valence-corrected chi connectivity index (χ4v) is 4.88. The number of hydrogen-bond donors (Lipinski definition) is 1. The summed E-state index contributed by atoms with van der Waals surface area (Å²) in [6.45, 7) is 11.1. The topological polar surface area (TPSA) is 12.0 Å². The quantitative estimate of drug-likeness (QED) is 0.293. The van der Waals surface area contributed by atoms with Crippen LogP contribution in [0.5, 0.6) is 0 Å². The van der Waals surface area contributed by atoms with Crippen molar-refractivity contribution in [3.8, 4) is 0 Å². The van der Waals surface area contributed by atoms with Crippen LogP contribution in [-0.4, -0.2) is 13.6 Å². The minimum absolute atomic E-state index is 0.622. The summed E-state index contributed by atoms with van der Waals surface area (Å²) in [6.07, 6.45) is 18.9. The molecule has 144 valence electrons. The molecule has 0 bridgehead atoms. The molecule has 4 atom stereocenters. The first-order valence-electron chi connectivity index (χ1n) is 11.2. The number of hydrogen-bond acceptors (Lipinski definition) is 1. The van der Waals surface area contributed by atoms with Crippen molar-refractivity contribution in [3.05, 3.63) is 0 Å². The minimum atomic E-state index is 0.622. The van der Waals surface area contributed by atoms with Gasteiger partial charge in [-0.05, 0) is 56.0 Å². The van der Waals surface area contributed by atoms with Crippen molar-refractivity contribution in [2.45, 2.75) is 111 Å². The lowest BCUT2D eigenvalue weighted by atomic mass is 9.69. The van der Waals surface area contributed by atoms with Crippen LogP contribution in [-0.2, 0) is 0 Å². The van der Waals surface area contributed by atoms with Crippen LogP contribution in [0.4, 0.5) is 0 Å². The van der Waals surface area contributed by atoms with Gasteiger partial charge in [0.05, 0.1) is 0 Å². The maximum Gasteiger partial charge on any atom is -0.00519 e. The van der Waals surface area contributed by atoms with E-state index in [9.17, 15) is 0 Å². The average Bonchev–Trinajstić information content (AvgIpc) is 2.77. The van der Waals surface area contributed by atoms with Crippen LogP contribution in [0.1, 0.15) is 111 Å². The van der Waals surface area contributed by atoms with Gasteiger partial charge in [0.2, 0.25) is 0 Å². The fourth-order valence-electron chi connectivity index (χ4n) is 4.88. The molecular formula is C23H47N. The molecule has 0 amide bonds. The summed E-state index contributed by atoms with van der Waals surface area (Å²) in [4.78, 5) is 0. The Morgan fingerprint density at radius 3 is 2.42 bits per heavy atom. The molecule has 1 fully saturated rings. The van der Waals surface area contributed by atoms with Gasteiger partial charge >= 0.3 is 0 Å². The number of nitrogens with one attached hydrogen (secondary N) is 1. The zero-order chi connectivity index (χ0) is 17.8. The Hall–Kier alpha value is -0.0400. The van der Waals surface area contributed by atoms with Crippen molar-refractivity contribution in [3.63, 3.8) is 0 Å². The molecule has 1 aliphatic carbocycles. The van der Waals surface area contributed by atoms with Gasteiger partial charge in [-0.25, -0.2) is 0 Å². The van der Waals surface area contributed by atoms with Crippen molar-refractivity contribution in [2.24, 2.45) is 23.2 Å². The molecule has 0 aliphatic heterocycles. The van der Waals surface area contributed by atoms with E-state index in [4.69, 9.17) is 0 Å². The summed E-state index contributed by atoms with van der Waals surface area (Å²) in [5.74, 6) is 2.84. The van der Waals surface area contributed by atoms with Crippen LogP contribution in [0, 0.1) is 23.2 Å². The Kier molecular flexibility index (Phi) is 11.3. The first kappa shape index (κ1) is 22.0.